The molecule has 0 spiro atoms. The van der Waals surface area contributed by atoms with Crippen LogP contribution in [0.4, 0.5) is 11.4 Å². The maximum atomic E-state index is 6.02. The molecule has 0 saturated carbocycles. The van der Waals surface area contributed by atoms with Gasteiger partial charge in [0.2, 0.25) is 0 Å². The molecule has 0 saturated heterocycles. The number of aromatic nitrogens is 1. The van der Waals surface area contributed by atoms with Gasteiger partial charge in [0, 0.05) is 17.1 Å². The second kappa shape index (κ2) is 4.63. The van der Waals surface area contributed by atoms with Gasteiger partial charge in [0.25, 0.3) is 0 Å². The lowest BCUT2D eigenvalue weighted by Gasteiger charge is -1.94. The number of H-pyrrole nitrogens is 1. The van der Waals surface area contributed by atoms with E-state index in [1.165, 1.54) is 0 Å². The molecule has 3 rings (SSSR count). The number of nitrogens with zero attached hydrogens (tertiary/aromatic N) is 2. The Morgan fingerprint density at radius 3 is 2.44 bits per heavy atom. The van der Waals surface area contributed by atoms with Crippen LogP contribution in [-0.2, 0) is 0 Å². The Labute approximate surface area is 109 Å². The van der Waals surface area contributed by atoms with Crippen LogP contribution in [-0.4, -0.2) is 4.98 Å². The summed E-state index contributed by atoms with van der Waals surface area (Å²) in [7, 11) is 0. The summed E-state index contributed by atoms with van der Waals surface area (Å²) in [5, 5.41) is 10.1. The molecule has 1 aromatic heterocycles. The minimum Gasteiger partial charge on any atom is -0.359 e. The lowest BCUT2D eigenvalue weighted by molar-refractivity contribution is 1.24. The van der Waals surface area contributed by atoms with Crippen LogP contribution >= 0.6 is 11.6 Å². The summed E-state index contributed by atoms with van der Waals surface area (Å²) < 4.78 is 0. The molecule has 0 atom stereocenters. The van der Waals surface area contributed by atoms with Gasteiger partial charge < -0.3 is 4.98 Å². The van der Waals surface area contributed by atoms with Crippen LogP contribution in [0.1, 0.15) is 0 Å². The van der Waals surface area contributed by atoms with Gasteiger partial charge in [0.1, 0.15) is 11.4 Å². The number of fused-ring (bicyclic) bond motifs is 1. The minimum absolute atomic E-state index is 0.598. The molecule has 0 fully saturated rings. The zero-order valence-electron chi connectivity index (χ0n) is 9.47. The second-order valence-corrected chi connectivity index (χ2v) is 4.28. The minimum atomic E-state index is 0.598. The number of azo groups is 1. The highest BCUT2D eigenvalue weighted by molar-refractivity contribution is 6.32. The maximum Gasteiger partial charge on any atom is 0.111 e. The highest BCUT2D eigenvalue weighted by Crippen LogP contribution is 2.29. The molecule has 0 aliphatic rings. The number of rotatable bonds is 2. The summed E-state index contributed by atoms with van der Waals surface area (Å²) >= 11 is 6.02. The predicted molar refractivity (Wildman–Crippen MR) is 73.9 cm³/mol. The molecule has 0 aliphatic carbocycles. The second-order valence-electron chi connectivity index (χ2n) is 3.87. The van der Waals surface area contributed by atoms with Crippen molar-refractivity contribution >= 4 is 33.9 Å². The smallest absolute Gasteiger partial charge is 0.111 e. The average Bonchev–Trinajstić information content (AvgIpc) is 2.81. The topological polar surface area (TPSA) is 40.5 Å². The number of hydrogen-bond donors (Lipinski definition) is 1. The van der Waals surface area contributed by atoms with Gasteiger partial charge in [-0.05, 0) is 18.2 Å². The van der Waals surface area contributed by atoms with Crippen molar-refractivity contribution in [2.75, 3.05) is 0 Å². The average molecular weight is 256 g/mol. The van der Waals surface area contributed by atoms with Crippen molar-refractivity contribution in [3.8, 4) is 0 Å². The summed E-state index contributed by atoms with van der Waals surface area (Å²) in [6.07, 6.45) is 1.84. The van der Waals surface area contributed by atoms with Crippen molar-refractivity contribution in [3.05, 3.63) is 59.8 Å². The van der Waals surface area contributed by atoms with Crippen LogP contribution in [0.3, 0.4) is 0 Å². The first-order valence-corrected chi connectivity index (χ1v) is 5.95. The number of para-hydroxylation sites is 1. The van der Waals surface area contributed by atoms with Crippen LogP contribution in [0.2, 0.25) is 5.02 Å². The summed E-state index contributed by atoms with van der Waals surface area (Å²) in [4.78, 5) is 3.15. The fourth-order valence-corrected chi connectivity index (χ4v) is 1.95. The number of aromatic amines is 1. The Morgan fingerprint density at radius 2 is 1.56 bits per heavy atom. The highest BCUT2D eigenvalue weighted by Gasteiger charge is 2.01. The molecule has 1 N–H and O–H groups in total. The van der Waals surface area contributed by atoms with Crippen LogP contribution in [0.5, 0.6) is 0 Å². The molecule has 2 aromatic carbocycles. The van der Waals surface area contributed by atoms with Crippen LogP contribution in [0.25, 0.3) is 10.9 Å². The first kappa shape index (κ1) is 11.0. The van der Waals surface area contributed by atoms with Crippen molar-refractivity contribution < 1.29 is 0 Å². The standard InChI is InChI=1S/C14H10ClN3/c15-11-6-2-4-8-13(11)17-18-14-9-16-12-7-3-1-5-10(12)14/h1-9,16H. The van der Waals surface area contributed by atoms with Crippen molar-refractivity contribution in [2.24, 2.45) is 10.2 Å². The molecule has 0 radical (unpaired) electrons. The van der Waals surface area contributed by atoms with Crippen LogP contribution in [0, 0.1) is 0 Å². The number of hydrogen-bond acceptors (Lipinski definition) is 2. The Balaban J connectivity index is 2.00. The van der Waals surface area contributed by atoms with Gasteiger partial charge in [-0.15, -0.1) is 10.2 Å². The molecule has 0 bridgehead atoms. The molecule has 3 aromatic rings. The molecule has 1 heterocycles. The lowest BCUT2D eigenvalue weighted by atomic mass is 10.2. The molecule has 18 heavy (non-hydrogen) atoms. The fourth-order valence-electron chi connectivity index (χ4n) is 1.78. The zero-order valence-corrected chi connectivity index (χ0v) is 10.2. The summed E-state index contributed by atoms with van der Waals surface area (Å²) in [6, 6.07) is 15.4. The molecule has 0 aliphatic heterocycles. The van der Waals surface area contributed by atoms with Crippen molar-refractivity contribution in [1.29, 1.82) is 0 Å². The van der Waals surface area contributed by atoms with E-state index < -0.39 is 0 Å². The van der Waals surface area contributed by atoms with Crippen molar-refractivity contribution in [3.63, 3.8) is 0 Å². The summed E-state index contributed by atoms with van der Waals surface area (Å²) in [5.74, 6) is 0. The van der Waals surface area contributed by atoms with E-state index in [1.807, 2.05) is 48.7 Å². The van der Waals surface area contributed by atoms with Gasteiger partial charge in [-0.25, -0.2) is 0 Å². The number of nitrogens with one attached hydrogen (secondary N) is 1. The van der Waals surface area contributed by atoms with Gasteiger partial charge in [-0.3, -0.25) is 0 Å². The SMILES string of the molecule is Clc1ccccc1N=Nc1c[nH]c2ccccc12. The van der Waals surface area contributed by atoms with Gasteiger partial charge in [0.15, 0.2) is 0 Å². The van der Waals surface area contributed by atoms with E-state index in [0.717, 1.165) is 16.6 Å². The molecule has 88 valence electrons. The van der Waals surface area contributed by atoms with E-state index in [4.69, 9.17) is 11.6 Å². The van der Waals surface area contributed by atoms with Gasteiger partial charge >= 0.3 is 0 Å². The first-order chi connectivity index (χ1) is 8.84. The highest BCUT2D eigenvalue weighted by atomic mass is 35.5. The van der Waals surface area contributed by atoms with E-state index in [0.29, 0.717) is 10.7 Å². The third kappa shape index (κ3) is 2.00. The van der Waals surface area contributed by atoms with Crippen molar-refractivity contribution in [1.82, 2.24) is 4.98 Å². The number of halogens is 1. The van der Waals surface area contributed by atoms with Gasteiger partial charge in [-0.2, -0.15) is 0 Å². The fraction of sp³-hybridized carbons (Fsp3) is 0. The van der Waals surface area contributed by atoms with E-state index in [2.05, 4.69) is 15.2 Å². The first-order valence-electron chi connectivity index (χ1n) is 5.57. The largest absolute Gasteiger partial charge is 0.359 e. The van der Waals surface area contributed by atoms with Gasteiger partial charge in [-0.1, -0.05) is 41.9 Å². The van der Waals surface area contributed by atoms with E-state index >= 15 is 0 Å². The van der Waals surface area contributed by atoms with Crippen LogP contribution < -0.4 is 0 Å². The van der Waals surface area contributed by atoms with E-state index in [9.17, 15) is 0 Å². The molecule has 0 unspecified atom stereocenters. The van der Waals surface area contributed by atoms with Gasteiger partial charge in [0.05, 0.1) is 5.02 Å². The monoisotopic (exact) mass is 255 g/mol. The Hall–Kier alpha value is -2.13. The molecule has 0 amide bonds. The zero-order chi connectivity index (χ0) is 12.4. The molecular weight excluding hydrogens is 246 g/mol. The lowest BCUT2D eigenvalue weighted by Crippen LogP contribution is -1.66. The summed E-state index contributed by atoms with van der Waals surface area (Å²) in [5.41, 5.74) is 2.53. The quantitative estimate of drug-likeness (QED) is 0.609. The Morgan fingerprint density at radius 1 is 0.833 bits per heavy atom. The van der Waals surface area contributed by atoms with Crippen molar-refractivity contribution in [2.45, 2.75) is 0 Å². The Bertz CT molecular complexity index is 716. The van der Waals surface area contributed by atoms with E-state index in [-0.39, 0.29) is 0 Å². The predicted octanol–water partition coefficient (Wildman–Crippen LogP) is 5.24. The Kier molecular flexibility index (Phi) is 2.82. The summed E-state index contributed by atoms with van der Waals surface area (Å²) in [6.45, 7) is 0. The van der Waals surface area contributed by atoms with Crippen LogP contribution in [0.15, 0.2) is 65.0 Å². The number of benzene rings is 2. The molecule has 3 nitrogen and oxygen atoms in total. The third-order valence-electron chi connectivity index (χ3n) is 2.69. The van der Waals surface area contributed by atoms with E-state index in [1.54, 1.807) is 6.07 Å². The normalized spacial score (nSPS) is 11.4. The maximum absolute atomic E-state index is 6.02. The molecular formula is C14H10ClN3. The third-order valence-corrected chi connectivity index (χ3v) is 3.00. The molecule has 4 heteroatoms.